The zero-order valence-corrected chi connectivity index (χ0v) is 13.3. The Morgan fingerprint density at radius 1 is 1.33 bits per heavy atom. The first-order valence-corrected chi connectivity index (χ1v) is 7.75. The van der Waals surface area contributed by atoms with Crippen LogP contribution in [0.5, 0.6) is 0 Å². The van der Waals surface area contributed by atoms with Crippen molar-refractivity contribution in [1.29, 1.82) is 0 Å². The van der Waals surface area contributed by atoms with Crippen LogP contribution in [0.1, 0.15) is 52.9 Å². The summed E-state index contributed by atoms with van der Waals surface area (Å²) in [6.07, 6.45) is 3.06. The van der Waals surface area contributed by atoms with Crippen molar-refractivity contribution in [1.82, 2.24) is 10.2 Å². The Labute approximate surface area is 126 Å². The topological polar surface area (TPSA) is 89.9 Å². The fraction of sp³-hybridized carbons (Fsp3) is 0.867. The lowest BCUT2D eigenvalue weighted by Gasteiger charge is -2.38. The minimum absolute atomic E-state index is 0.0120. The molecular weight excluding hydrogens is 272 g/mol. The molecule has 0 spiro atoms. The first-order valence-electron chi connectivity index (χ1n) is 7.75. The molecule has 1 aliphatic rings. The lowest BCUT2D eigenvalue weighted by molar-refractivity contribution is -0.146. The van der Waals surface area contributed by atoms with E-state index in [2.05, 4.69) is 12.2 Å². The molecule has 1 rings (SSSR count). The van der Waals surface area contributed by atoms with Gasteiger partial charge in [-0.25, -0.2) is 9.59 Å². The molecule has 0 bridgehead atoms. The van der Waals surface area contributed by atoms with Crippen LogP contribution in [0.2, 0.25) is 0 Å². The van der Waals surface area contributed by atoms with Crippen molar-refractivity contribution in [2.24, 2.45) is 5.92 Å². The second-order valence-corrected chi connectivity index (χ2v) is 6.36. The van der Waals surface area contributed by atoms with E-state index in [-0.39, 0.29) is 18.7 Å². The Bertz CT molecular complexity index is 363. The summed E-state index contributed by atoms with van der Waals surface area (Å²) in [4.78, 5) is 25.7. The molecule has 0 aromatic rings. The largest absolute Gasteiger partial charge is 0.480 e. The van der Waals surface area contributed by atoms with Crippen LogP contribution in [-0.2, 0) is 4.79 Å². The number of aliphatic hydroxyl groups excluding tert-OH is 1. The molecule has 0 atom stereocenters. The summed E-state index contributed by atoms with van der Waals surface area (Å²) in [6, 6.07) is -0.389. The first-order chi connectivity index (χ1) is 9.82. The van der Waals surface area contributed by atoms with Crippen LogP contribution < -0.4 is 5.32 Å². The molecule has 0 heterocycles. The monoisotopic (exact) mass is 300 g/mol. The molecule has 0 aromatic heterocycles. The van der Waals surface area contributed by atoms with Crippen LogP contribution in [0.15, 0.2) is 0 Å². The van der Waals surface area contributed by atoms with Gasteiger partial charge in [0.05, 0.1) is 0 Å². The highest BCUT2D eigenvalue weighted by Crippen LogP contribution is 2.32. The number of carboxylic acid groups (broad SMARTS) is 1. The van der Waals surface area contributed by atoms with Crippen molar-refractivity contribution in [3.05, 3.63) is 0 Å². The molecule has 3 N–H and O–H groups in total. The molecule has 1 fully saturated rings. The SMILES string of the molecule is CC1CCC(NC(=O)N(CCCO)C(C)C)(C(=O)O)CC1. The average Bonchev–Trinajstić information content (AvgIpc) is 2.41. The van der Waals surface area contributed by atoms with E-state index in [1.807, 2.05) is 13.8 Å². The normalized spacial score (nSPS) is 25.7. The van der Waals surface area contributed by atoms with E-state index in [0.29, 0.717) is 31.7 Å². The van der Waals surface area contributed by atoms with Gasteiger partial charge in [-0.05, 0) is 51.9 Å². The number of hydrogen-bond acceptors (Lipinski definition) is 3. The van der Waals surface area contributed by atoms with E-state index in [4.69, 9.17) is 5.11 Å². The highest BCUT2D eigenvalue weighted by Gasteiger charge is 2.43. The molecule has 122 valence electrons. The van der Waals surface area contributed by atoms with Gasteiger partial charge in [0, 0.05) is 19.2 Å². The number of urea groups is 1. The number of nitrogens with one attached hydrogen (secondary N) is 1. The Morgan fingerprint density at radius 2 is 1.90 bits per heavy atom. The smallest absolute Gasteiger partial charge is 0.329 e. The van der Waals surface area contributed by atoms with Gasteiger partial charge >= 0.3 is 12.0 Å². The molecule has 1 aliphatic carbocycles. The maximum atomic E-state index is 12.4. The molecule has 0 aliphatic heterocycles. The summed E-state index contributed by atoms with van der Waals surface area (Å²) in [5.74, 6) is -0.446. The van der Waals surface area contributed by atoms with Gasteiger partial charge < -0.3 is 20.4 Å². The van der Waals surface area contributed by atoms with Crippen LogP contribution in [0.4, 0.5) is 4.79 Å². The summed E-state index contributed by atoms with van der Waals surface area (Å²) in [5.41, 5.74) is -1.14. The van der Waals surface area contributed by atoms with Crippen molar-refractivity contribution in [2.75, 3.05) is 13.2 Å². The predicted molar refractivity (Wildman–Crippen MR) is 80.1 cm³/mol. The van der Waals surface area contributed by atoms with Crippen LogP contribution in [0.3, 0.4) is 0 Å². The van der Waals surface area contributed by atoms with E-state index in [9.17, 15) is 14.7 Å². The summed E-state index contributed by atoms with van der Waals surface area (Å²) < 4.78 is 0. The Balaban J connectivity index is 2.77. The van der Waals surface area contributed by atoms with Gasteiger partial charge in [0.2, 0.25) is 0 Å². The first kappa shape index (κ1) is 17.8. The van der Waals surface area contributed by atoms with Crippen molar-refractivity contribution in [3.63, 3.8) is 0 Å². The van der Waals surface area contributed by atoms with Gasteiger partial charge in [-0.1, -0.05) is 6.92 Å². The van der Waals surface area contributed by atoms with Crippen molar-refractivity contribution in [3.8, 4) is 0 Å². The summed E-state index contributed by atoms with van der Waals surface area (Å²) in [5, 5.41) is 21.2. The highest BCUT2D eigenvalue weighted by molar-refractivity contribution is 5.86. The van der Waals surface area contributed by atoms with Crippen molar-refractivity contribution in [2.45, 2.75) is 64.5 Å². The van der Waals surface area contributed by atoms with Gasteiger partial charge in [0.15, 0.2) is 0 Å². The Hall–Kier alpha value is -1.30. The average molecular weight is 300 g/mol. The number of carboxylic acids is 1. The van der Waals surface area contributed by atoms with Crippen LogP contribution in [-0.4, -0.2) is 51.8 Å². The van der Waals surface area contributed by atoms with Crippen LogP contribution >= 0.6 is 0 Å². The number of aliphatic carboxylic acids is 1. The minimum Gasteiger partial charge on any atom is -0.480 e. The molecule has 0 unspecified atom stereocenters. The van der Waals surface area contributed by atoms with Gasteiger partial charge in [-0.2, -0.15) is 0 Å². The maximum Gasteiger partial charge on any atom is 0.329 e. The second kappa shape index (κ2) is 7.64. The van der Waals surface area contributed by atoms with E-state index in [1.54, 1.807) is 4.90 Å². The lowest BCUT2D eigenvalue weighted by Crippen LogP contribution is -2.60. The number of carbonyl (C=O) groups excluding carboxylic acids is 1. The van der Waals surface area contributed by atoms with Gasteiger partial charge in [-0.15, -0.1) is 0 Å². The third kappa shape index (κ3) is 4.59. The third-order valence-electron chi connectivity index (χ3n) is 4.32. The van der Waals surface area contributed by atoms with E-state index < -0.39 is 11.5 Å². The maximum absolute atomic E-state index is 12.4. The van der Waals surface area contributed by atoms with E-state index in [0.717, 1.165) is 12.8 Å². The van der Waals surface area contributed by atoms with Crippen LogP contribution in [0, 0.1) is 5.92 Å². The summed E-state index contributed by atoms with van der Waals surface area (Å²) in [7, 11) is 0. The molecule has 6 nitrogen and oxygen atoms in total. The number of nitrogens with zero attached hydrogens (tertiary/aromatic N) is 1. The van der Waals surface area contributed by atoms with Crippen LogP contribution in [0.25, 0.3) is 0 Å². The van der Waals surface area contributed by atoms with Gasteiger partial charge in [0.25, 0.3) is 0 Å². The Morgan fingerprint density at radius 3 is 2.33 bits per heavy atom. The standard InChI is InChI=1S/C15H28N2O4/c1-11(2)17(9-4-10-18)14(21)16-15(13(19)20)7-5-12(3)6-8-15/h11-12,18H,4-10H2,1-3H3,(H,16,21)(H,19,20). The molecule has 0 aromatic carbocycles. The van der Waals surface area contributed by atoms with Gasteiger partial charge in [0.1, 0.15) is 5.54 Å². The molecular formula is C15H28N2O4. The summed E-state index contributed by atoms with van der Waals surface area (Å²) >= 11 is 0. The second-order valence-electron chi connectivity index (χ2n) is 6.36. The molecule has 21 heavy (non-hydrogen) atoms. The molecule has 2 amide bonds. The van der Waals surface area contributed by atoms with Crippen molar-refractivity contribution >= 4 is 12.0 Å². The zero-order valence-electron chi connectivity index (χ0n) is 13.3. The van der Waals surface area contributed by atoms with E-state index in [1.165, 1.54) is 0 Å². The number of rotatable bonds is 6. The fourth-order valence-electron chi connectivity index (χ4n) is 2.76. The third-order valence-corrected chi connectivity index (χ3v) is 4.32. The Kier molecular flexibility index (Phi) is 6.45. The quantitative estimate of drug-likeness (QED) is 0.698. The number of amides is 2. The number of carbonyl (C=O) groups is 2. The van der Waals surface area contributed by atoms with Crippen molar-refractivity contribution < 1.29 is 19.8 Å². The molecule has 0 radical (unpaired) electrons. The molecule has 1 saturated carbocycles. The summed E-state index contributed by atoms with van der Waals surface area (Å²) in [6.45, 7) is 6.31. The predicted octanol–water partition coefficient (Wildman–Crippen LogP) is 1.82. The fourth-order valence-corrected chi connectivity index (χ4v) is 2.76. The zero-order chi connectivity index (χ0) is 16.0. The lowest BCUT2D eigenvalue weighted by atomic mass is 9.77. The number of hydrogen-bond donors (Lipinski definition) is 3. The van der Waals surface area contributed by atoms with Gasteiger partial charge in [-0.3, -0.25) is 0 Å². The number of aliphatic hydroxyl groups is 1. The minimum atomic E-state index is -1.14. The molecule has 6 heteroatoms. The highest BCUT2D eigenvalue weighted by atomic mass is 16.4. The van der Waals surface area contributed by atoms with E-state index >= 15 is 0 Å². The molecule has 0 saturated heterocycles.